The van der Waals surface area contributed by atoms with E-state index in [0.717, 1.165) is 44.3 Å². The number of ether oxygens (including phenoxy) is 1. The zero-order chi connectivity index (χ0) is 55.3. The molecule has 0 bridgehead atoms. The van der Waals surface area contributed by atoms with Crippen LogP contribution in [0.3, 0.4) is 0 Å². The molecule has 5 nitrogen and oxygen atoms in total. The molecule has 0 atom stereocenters. The number of fused-ring (bicyclic) bond motifs is 4. The summed E-state index contributed by atoms with van der Waals surface area (Å²) < 4.78 is 111. The highest BCUT2D eigenvalue weighted by Gasteiger charge is 2.41. The number of hydrogen-bond donors (Lipinski definition) is 0. The second-order valence-corrected chi connectivity index (χ2v) is 17.9. The molecule has 0 fully saturated rings. The number of pyridine rings is 1. The highest BCUT2D eigenvalue weighted by atomic mass is 16.5. The third-order valence-corrected chi connectivity index (χ3v) is 12.0. The first-order chi connectivity index (χ1) is 37.1. The molecule has 324 valence electrons. The molecule has 1 aliphatic heterocycles. The van der Waals surface area contributed by atoms with Crippen LogP contribution in [0.1, 0.15) is 60.8 Å². The normalized spacial score (nSPS) is 14.9. The van der Waals surface area contributed by atoms with Gasteiger partial charge in [-0.15, -0.1) is 0 Å². The van der Waals surface area contributed by atoms with Gasteiger partial charge in [-0.3, -0.25) is 4.57 Å². The van der Waals surface area contributed by atoms with Crippen LogP contribution in [0.4, 0.5) is 22.7 Å². The zero-order valence-electron chi connectivity index (χ0n) is 48.7. The molecule has 11 rings (SSSR count). The highest BCUT2D eigenvalue weighted by molar-refractivity contribution is 6.11. The maximum absolute atomic E-state index is 9.56. The fourth-order valence-corrected chi connectivity index (χ4v) is 8.88. The lowest BCUT2D eigenvalue weighted by Crippen LogP contribution is -2.12. The van der Waals surface area contributed by atoms with Crippen molar-refractivity contribution >= 4 is 50.6 Å². The molecule has 1 aliphatic rings. The van der Waals surface area contributed by atoms with Crippen molar-refractivity contribution in [3.8, 4) is 50.7 Å². The Morgan fingerprint density at radius 1 is 0.612 bits per heavy atom. The first kappa shape index (κ1) is 30.9. The topological polar surface area (TPSA) is 33.1 Å². The number of rotatable bonds is 10. The Morgan fingerprint density at radius 3 is 2.15 bits per heavy atom. The first-order valence-corrected chi connectivity index (χ1v) is 22.3. The van der Waals surface area contributed by atoms with Crippen LogP contribution in [-0.4, -0.2) is 15.6 Å². The molecule has 0 saturated heterocycles. The van der Waals surface area contributed by atoms with Crippen LogP contribution >= 0.6 is 0 Å². The summed E-state index contributed by atoms with van der Waals surface area (Å²) in [7, 11) is 0. The molecule has 0 N–H and O–H groups in total. The smallest absolute Gasteiger partial charge is 0.457 e. The van der Waals surface area contributed by atoms with E-state index in [1.807, 2.05) is 72.9 Å². The molecule has 0 spiro atoms. The number of benzene rings is 8. The van der Waals surface area contributed by atoms with Crippen LogP contribution < -0.4 is 13.9 Å². The first-order valence-electron chi connectivity index (χ1n) is 27.8. The largest absolute Gasteiger partial charge is 0.503 e. The average molecular weight is 880 g/mol. The quantitative estimate of drug-likeness (QED) is 0.128. The number of nitrogens with zero attached hydrogens (tertiary/aromatic N) is 4. The van der Waals surface area contributed by atoms with Gasteiger partial charge < -0.3 is 4.74 Å². The van der Waals surface area contributed by atoms with Crippen LogP contribution in [0.25, 0.3) is 61.0 Å². The van der Waals surface area contributed by atoms with E-state index in [1.54, 1.807) is 53.3 Å². The molecule has 2 aromatic heterocycles. The molecular weight excluding hydrogens is 817 g/mol. The van der Waals surface area contributed by atoms with Gasteiger partial charge in [-0.25, -0.2) is 4.98 Å². The summed E-state index contributed by atoms with van der Waals surface area (Å²) in [5.74, 6) is 1.22. The molecule has 0 aliphatic carbocycles. The fourth-order valence-electron chi connectivity index (χ4n) is 8.88. The maximum atomic E-state index is 9.56. The molecule has 5 heteroatoms. The van der Waals surface area contributed by atoms with Gasteiger partial charge in [0.05, 0.1) is 40.6 Å². The van der Waals surface area contributed by atoms with Crippen molar-refractivity contribution in [2.75, 3.05) is 0 Å². The summed E-state index contributed by atoms with van der Waals surface area (Å²) >= 11 is 0. The van der Waals surface area contributed by atoms with E-state index in [-0.39, 0.29) is 51.0 Å². The number of para-hydroxylation sites is 2. The monoisotopic (exact) mass is 879 g/mol. The van der Waals surface area contributed by atoms with Gasteiger partial charge in [-0.1, -0.05) is 156 Å². The average Bonchev–Trinajstić information content (AvgIpc) is 4.10. The van der Waals surface area contributed by atoms with E-state index < -0.39 is 54.6 Å². The Morgan fingerprint density at radius 2 is 1.36 bits per heavy atom. The van der Waals surface area contributed by atoms with E-state index in [4.69, 9.17) is 22.1 Å². The van der Waals surface area contributed by atoms with Gasteiger partial charge >= 0.3 is 11.7 Å². The maximum Gasteiger partial charge on any atom is 0.503 e. The van der Waals surface area contributed by atoms with Crippen LogP contribution in [0.15, 0.2) is 206 Å². The van der Waals surface area contributed by atoms with Crippen molar-refractivity contribution < 1.29 is 19.8 Å². The van der Waals surface area contributed by atoms with Crippen LogP contribution in [-0.2, 0) is 11.8 Å². The summed E-state index contributed by atoms with van der Waals surface area (Å²) in [6, 6.07) is 44.7. The highest BCUT2D eigenvalue weighted by Crippen LogP contribution is 2.47. The van der Waals surface area contributed by atoms with Crippen LogP contribution in [0.2, 0.25) is 0 Å². The van der Waals surface area contributed by atoms with Crippen molar-refractivity contribution in [2.24, 2.45) is 5.92 Å². The van der Waals surface area contributed by atoms with E-state index in [2.05, 4.69) is 73.8 Å². The molecule has 0 saturated carbocycles. The van der Waals surface area contributed by atoms with Gasteiger partial charge in [-0.05, 0) is 109 Å². The third-order valence-electron chi connectivity index (χ3n) is 12.0. The minimum atomic E-state index is -1.98. The zero-order valence-corrected chi connectivity index (χ0v) is 37.7. The summed E-state index contributed by atoms with van der Waals surface area (Å²) in [5, 5.41) is 2.06. The molecular formula is C62H52N4O+2. The Labute approximate surface area is 408 Å². The molecule has 10 aromatic rings. The standard InChI is InChI=1S/C62H52N4O/c1-42(2)36-47-24-15-29-57-60(47)65(61-52(44-20-11-7-12-21-44)27-17-28-53(61)45-22-13-8-14-23-45)41-64(57)49-25-16-26-50(39-49)67-51-31-32-54-55-37-46(43-18-9-6-10-19-43)30-33-56(55)66(58(54)40-51)59-38-48(34-35-63-59)62(3,4)5/h6-35,37-40,42H,36H2,1-5H3/q+2/i7D,8D,11D,12D,13D,20D,21D,22D,23D,36D2. The number of hydrogen-bond acceptors (Lipinski definition) is 2. The Bertz CT molecular complexity index is 4180. The van der Waals surface area contributed by atoms with Crippen LogP contribution in [0, 0.1) is 5.92 Å². The van der Waals surface area contributed by atoms with Crippen molar-refractivity contribution in [1.82, 2.24) is 18.7 Å². The van der Waals surface area contributed by atoms with Crippen molar-refractivity contribution in [3.63, 3.8) is 0 Å². The molecule has 0 radical (unpaired) electrons. The lowest BCUT2D eigenvalue weighted by molar-refractivity contribution is 0.483. The van der Waals surface area contributed by atoms with Crippen LogP contribution in [0.5, 0.6) is 11.5 Å². The van der Waals surface area contributed by atoms with E-state index in [9.17, 15) is 2.74 Å². The Balaban J connectivity index is 1.13. The predicted molar refractivity (Wildman–Crippen MR) is 279 cm³/mol. The minimum Gasteiger partial charge on any atom is -0.457 e. The summed E-state index contributed by atoms with van der Waals surface area (Å²) in [5.41, 5.74) is 6.78. The van der Waals surface area contributed by atoms with Crippen molar-refractivity contribution in [1.29, 1.82) is 0 Å². The van der Waals surface area contributed by atoms with Crippen molar-refractivity contribution in [2.45, 2.75) is 46.4 Å². The molecule has 8 aromatic carbocycles. The second kappa shape index (κ2) is 17.0. The van der Waals surface area contributed by atoms with Gasteiger partial charge in [0.25, 0.3) is 5.69 Å². The SMILES string of the molecule is [2H]c1cc([2H])c(-c2cccc(-c3c([2H])c([2H])c([2H])c([2H])c3[2H])c2[N+]2=C=[N+](c3cccc(Oc4ccc5c6cc(-c7ccccc7)ccc6n(-c6cc(C(C)(C)C)ccn6)c5c4)c3)c3cccc(C([2H])([2H])C(C)C)c32)c([2H])c1[2H]. The summed E-state index contributed by atoms with van der Waals surface area (Å²) in [4.78, 5) is 4.91. The van der Waals surface area contributed by atoms with E-state index in [1.165, 1.54) is 6.07 Å². The number of aromatic nitrogens is 2. The molecule has 3 heterocycles. The van der Waals surface area contributed by atoms with Crippen molar-refractivity contribution in [3.05, 3.63) is 217 Å². The summed E-state index contributed by atoms with van der Waals surface area (Å²) in [6.45, 7) is 10.1. The fraction of sp³-hybridized carbons (Fsp3) is 0.129. The predicted octanol–water partition coefficient (Wildman–Crippen LogP) is 16.3. The minimum absolute atomic E-state index is 0.0490. The Hall–Kier alpha value is -8.11. The molecule has 67 heavy (non-hydrogen) atoms. The van der Waals surface area contributed by atoms with Gasteiger partial charge in [0.1, 0.15) is 17.3 Å². The third kappa shape index (κ3) is 7.84. The van der Waals surface area contributed by atoms with Gasteiger partial charge in [0.2, 0.25) is 11.4 Å². The lowest BCUT2D eigenvalue weighted by atomic mass is 9.88. The second-order valence-electron chi connectivity index (χ2n) is 17.9. The molecule has 0 unspecified atom stereocenters. The van der Waals surface area contributed by atoms with Gasteiger partial charge in [-0.2, -0.15) is 0 Å². The van der Waals surface area contributed by atoms with Gasteiger partial charge in [0, 0.05) is 43.5 Å². The molecule has 0 amide bonds. The van der Waals surface area contributed by atoms with E-state index >= 15 is 0 Å². The van der Waals surface area contributed by atoms with E-state index in [0.29, 0.717) is 28.6 Å². The lowest BCUT2D eigenvalue weighted by Gasteiger charge is -2.20. The Kier molecular flexibility index (Phi) is 7.86. The summed E-state index contributed by atoms with van der Waals surface area (Å²) in [6.07, 6.45) is -0.130. The van der Waals surface area contributed by atoms with Gasteiger partial charge in [0.15, 0.2) is 0 Å².